The molecule has 1 N–H and O–H groups in total. The SMILES string of the molecule is O=[N+]([O-])c1cc(Br)ccc1NCc1ccnc(OC2CCOC2)c1. The summed E-state index contributed by atoms with van der Waals surface area (Å²) in [5.41, 5.74) is 1.42. The number of ether oxygens (including phenoxy) is 2. The molecule has 7 nitrogen and oxygen atoms in total. The number of benzene rings is 1. The standard InChI is InChI=1S/C16H16BrN3O4/c17-12-1-2-14(15(8-12)20(21)22)19-9-11-3-5-18-16(7-11)24-13-4-6-23-10-13/h1-3,5,7-8,13,19H,4,6,9-10H2. The minimum Gasteiger partial charge on any atom is -0.472 e. The third-order valence-corrected chi connectivity index (χ3v) is 4.11. The highest BCUT2D eigenvalue weighted by Crippen LogP contribution is 2.28. The van der Waals surface area contributed by atoms with Gasteiger partial charge in [-0.05, 0) is 23.8 Å². The molecule has 0 bridgehead atoms. The van der Waals surface area contributed by atoms with Gasteiger partial charge in [0.25, 0.3) is 5.69 Å². The Labute approximate surface area is 147 Å². The normalized spacial score (nSPS) is 16.8. The van der Waals surface area contributed by atoms with E-state index >= 15 is 0 Å². The second kappa shape index (κ2) is 7.59. The number of nitro groups is 1. The number of nitro benzene ring substituents is 1. The van der Waals surface area contributed by atoms with Gasteiger partial charge in [0.1, 0.15) is 11.8 Å². The van der Waals surface area contributed by atoms with Crippen LogP contribution in [-0.4, -0.2) is 29.2 Å². The van der Waals surface area contributed by atoms with Crippen LogP contribution in [0.1, 0.15) is 12.0 Å². The van der Waals surface area contributed by atoms with E-state index in [0.29, 0.717) is 35.8 Å². The van der Waals surface area contributed by atoms with Gasteiger partial charge >= 0.3 is 0 Å². The van der Waals surface area contributed by atoms with E-state index in [1.54, 1.807) is 18.3 Å². The minimum atomic E-state index is -0.408. The Morgan fingerprint density at radius 1 is 1.42 bits per heavy atom. The maximum atomic E-state index is 11.1. The molecule has 3 rings (SSSR count). The van der Waals surface area contributed by atoms with Crippen molar-refractivity contribution in [3.8, 4) is 5.88 Å². The molecule has 2 aromatic rings. The Kier molecular flexibility index (Phi) is 5.27. The minimum absolute atomic E-state index is 0.0259. The molecule has 0 amide bonds. The van der Waals surface area contributed by atoms with Crippen molar-refractivity contribution in [1.82, 2.24) is 4.98 Å². The van der Waals surface area contributed by atoms with Crippen LogP contribution in [0.15, 0.2) is 41.0 Å². The van der Waals surface area contributed by atoms with Gasteiger partial charge in [0.05, 0.1) is 18.1 Å². The van der Waals surface area contributed by atoms with E-state index in [2.05, 4.69) is 26.2 Å². The Hall–Kier alpha value is -2.19. The van der Waals surface area contributed by atoms with E-state index < -0.39 is 4.92 Å². The van der Waals surface area contributed by atoms with Gasteiger partial charge in [-0.2, -0.15) is 0 Å². The molecule has 1 aliphatic heterocycles. The predicted octanol–water partition coefficient (Wildman–Crippen LogP) is 3.53. The second-order valence-electron chi connectivity index (χ2n) is 5.38. The molecule has 126 valence electrons. The fraction of sp³-hybridized carbons (Fsp3) is 0.312. The molecule has 1 aromatic heterocycles. The molecule has 0 spiro atoms. The number of hydrogen-bond acceptors (Lipinski definition) is 6. The van der Waals surface area contributed by atoms with Gasteiger partial charge in [0.15, 0.2) is 0 Å². The van der Waals surface area contributed by atoms with Gasteiger partial charge in [-0.3, -0.25) is 10.1 Å². The van der Waals surface area contributed by atoms with Crippen LogP contribution in [0, 0.1) is 10.1 Å². The molecule has 1 aromatic carbocycles. The molecule has 1 fully saturated rings. The van der Waals surface area contributed by atoms with Crippen molar-refractivity contribution >= 4 is 27.3 Å². The van der Waals surface area contributed by atoms with Crippen LogP contribution < -0.4 is 10.1 Å². The Balaban J connectivity index is 1.67. The van der Waals surface area contributed by atoms with Crippen molar-refractivity contribution in [3.63, 3.8) is 0 Å². The number of halogens is 1. The number of hydrogen-bond donors (Lipinski definition) is 1. The zero-order valence-corrected chi connectivity index (χ0v) is 14.4. The average Bonchev–Trinajstić information content (AvgIpc) is 3.07. The first-order valence-electron chi connectivity index (χ1n) is 7.49. The van der Waals surface area contributed by atoms with Gasteiger partial charge < -0.3 is 14.8 Å². The Morgan fingerprint density at radius 2 is 2.29 bits per heavy atom. The summed E-state index contributed by atoms with van der Waals surface area (Å²) >= 11 is 3.24. The van der Waals surface area contributed by atoms with E-state index in [4.69, 9.17) is 9.47 Å². The second-order valence-corrected chi connectivity index (χ2v) is 6.29. The van der Waals surface area contributed by atoms with Crippen molar-refractivity contribution in [2.24, 2.45) is 0 Å². The summed E-state index contributed by atoms with van der Waals surface area (Å²) in [7, 11) is 0. The lowest BCUT2D eigenvalue weighted by Crippen LogP contribution is -2.16. The van der Waals surface area contributed by atoms with Crippen molar-refractivity contribution in [2.45, 2.75) is 19.1 Å². The average molecular weight is 394 g/mol. The summed E-state index contributed by atoms with van der Waals surface area (Å²) in [6.07, 6.45) is 2.56. The van der Waals surface area contributed by atoms with Crippen molar-refractivity contribution in [1.29, 1.82) is 0 Å². The lowest BCUT2D eigenvalue weighted by molar-refractivity contribution is -0.384. The molecule has 2 heterocycles. The monoisotopic (exact) mass is 393 g/mol. The zero-order chi connectivity index (χ0) is 16.9. The highest BCUT2D eigenvalue weighted by atomic mass is 79.9. The first-order chi connectivity index (χ1) is 11.6. The number of rotatable bonds is 6. The number of aromatic nitrogens is 1. The summed E-state index contributed by atoms with van der Waals surface area (Å²) in [5.74, 6) is 0.537. The van der Waals surface area contributed by atoms with Crippen LogP contribution in [0.25, 0.3) is 0 Å². The van der Waals surface area contributed by atoms with Crippen molar-refractivity contribution in [3.05, 3.63) is 56.7 Å². The molecule has 1 unspecified atom stereocenters. The van der Waals surface area contributed by atoms with E-state index in [1.165, 1.54) is 6.07 Å². The van der Waals surface area contributed by atoms with Gasteiger partial charge in [0, 0.05) is 35.8 Å². The maximum absolute atomic E-state index is 11.1. The first kappa shape index (κ1) is 16.7. The largest absolute Gasteiger partial charge is 0.472 e. The predicted molar refractivity (Wildman–Crippen MR) is 92.2 cm³/mol. The van der Waals surface area contributed by atoms with E-state index in [-0.39, 0.29) is 11.8 Å². The number of nitrogens with one attached hydrogen (secondary N) is 1. The van der Waals surface area contributed by atoms with Crippen LogP contribution in [0.4, 0.5) is 11.4 Å². The van der Waals surface area contributed by atoms with E-state index in [0.717, 1.165) is 12.0 Å². The third kappa shape index (κ3) is 4.21. The summed E-state index contributed by atoms with van der Waals surface area (Å²) in [5, 5.41) is 14.2. The highest BCUT2D eigenvalue weighted by Gasteiger charge is 2.18. The molecule has 1 aliphatic rings. The molecule has 0 radical (unpaired) electrons. The van der Waals surface area contributed by atoms with Crippen molar-refractivity contribution in [2.75, 3.05) is 18.5 Å². The topological polar surface area (TPSA) is 86.5 Å². The van der Waals surface area contributed by atoms with Gasteiger partial charge in [0.2, 0.25) is 5.88 Å². The number of pyridine rings is 1. The molecule has 1 saturated heterocycles. The smallest absolute Gasteiger partial charge is 0.293 e. The lowest BCUT2D eigenvalue weighted by atomic mass is 10.2. The summed E-state index contributed by atoms with van der Waals surface area (Å²) < 4.78 is 11.7. The van der Waals surface area contributed by atoms with Crippen LogP contribution in [0.2, 0.25) is 0 Å². The quantitative estimate of drug-likeness (QED) is 0.596. The number of anilines is 1. The maximum Gasteiger partial charge on any atom is 0.293 e. The Morgan fingerprint density at radius 3 is 3.04 bits per heavy atom. The van der Waals surface area contributed by atoms with Crippen molar-refractivity contribution < 1.29 is 14.4 Å². The first-order valence-corrected chi connectivity index (χ1v) is 8.28. The summed E-state index contributed by atoms with van der Waals surface area (Å²) in [4.78, 5) is 14.9. The molecule has 0 saturated carbocycles. The van der Waals surface area contributed by atoms with Gasteiger partial charge in [-0.1, -0.05) is 15.9 Å². The van der Waals surface area contributed by atoms with Crippen LogP contribution >= 0.6 is 15.9 Å². The molecule has 0 aliphatic carbocycles. The van der Waals surface area contributed by atoms with Gasteiger partial charge in [-0.25, -0.2) is 4.98 Å². The summed E-state index contributed by atoms with van der Waals surface area (Å²) in [6, 6.07) is 8.59. The fourth-order valence-corrected chi connectivity index (χ4v) is 2.75. The fourth-order valence-electron chi connectivity index (χ4n) is 2.40. The van der Waals surface area contributed by atoms with E-state index in [1.807, 2.05) is 12.1 Å². The molecular weight excluding hydrogens is 378 g/mol. The lowest BCUT2D eigenvalue weighted by Gasteiger charge is -2.12. The number of nitrogens with zero attached hydrogens (tertiary/aromatic N) is 2. The summed E-state index contributed by atoms with van der Waals surface area (Å²) in [6.45, 7) is 1.72. The van der Waals surface area contributed by atoms with Crippen LogP contribution in [-0.2, 0) is 11.3 Å². The van der Waals surface area contributed by atoms with Crippen LogP contribution in [0.3, 0.4) is 0 Å². The van der Waals surface area contributed by atoms with Crippen LogP contribution in [0.5, 0.6) is 5.88 Å². The third-order valence-electron chi connectivity index (χ3n) is 3.61. The molecule has 1 atom stereocenters. The molecular formula is C16H16BrN3O4. The van der Waals surface area contributed by atoms with E-state index in [9.17, 15) is 10.1 Å². The zero-order valence-electron chi connectivity index (χ0n) is 12.8. The Bertz CT molecular complexity index is 735. The van der Waals surface area contributed by atoms with Gasteiger partial charge in [-0.15, -0.1) is 0 Å². The highest BCUT2D eigenvalue weighted by molar-refractivity contribution is 9.10. The molecule has 24 heavy (non-hydrogen) atoms. The molecule has 8 heteroatoms.